The molecule has 0 atom stereocenters. The predicted molar refractivity (Wildman–Crippen MR) is 59.5 cm³/mol. The number of hydrogen-bond donors (Lipinski definition) is 2. The summed E-state index contributed by atoms with van der Waals surface area (Å²) >= 11 is 0. The molecule has 2 aromatic rings. The first-order valence-corrected chi connectivity index (χ1v) is 4.85. The Morgan fingerprint density at radius 2 is 1.82 bits per heavy atom. The van der Waals surface area contributed by atoms with Crippen LogP contribution in [0.5, 0.6) is 0 Å². The van der Waals surface area contributed by atoms with Gasteiger partial charge in [0.1, 0.15) is 5.82 Å². The largest absolute Gasteiger partial charge is 0.272 e. The summed E-state index contributed by atoms with van der Waals surface area (Å²) in [7, 11) is 0. The van der Waals surface area contributed by atoms with Crippen LogP contribution in [0.25, 0.3) is 0 Å². The van der Waals surface area contributed by atoms with Crippen LogP contribution in [0.2, 0.25) is 0 Å². The van der Waals surface area contributed by atoms with E-state index >= 15 is 0 Å². The number of carbonyl (C=O) groups excluding carboxylic acids is 1. The van der Waals surface area contributed by atoms with Crippen molar-refractivity contribution in [2.45, 2.75) is 0 Å². The van der Waals surface area contributed by atoms with Crippen molar-refractivity contribution in [2.24, 2.45) is 0 Å². The minimum atomic E-state index is -0.587. The van der Waals surface area contributed by atoms with Gasteiger partial charge in [0.05, 0.1) is 5.56 Å². The molecule has 6 heteroatoms. The second kappa shape index (κ2) is 5.02. The maximum atomic E-state index is 13.2. The third-order valence-corrected chi connectivity index (χ3v) is 1.97. The summed E-state index contributed by atoms with van der Waals surface area (Å²) in [5, 5.41) is 0. The summed E-state index contributed by atoms with van der Waals surface area (Å²) in [5.74, 6) is -0.937. The Kier molecular flexibility index (Phi) is 3.25. The molecule has 0 aliphatic rings. The average Bonchev–Trinajstić information content (AvgIpc) is 2.38. The van der Waals surface area contributed by atoms with E-state index in [1.54, 1.807) is 12.1 Å². The molecule has 5 nitrogen and oxygen atoms in total. The van der Waals surface area contributed by atoms with Crippen molar-refractivity contribution in [1.29, 1.82) is 0 Å². The third-order valence-electron chi connectivity index (χ3n) is 1.97. The number of rotatable bonds is 3. The van der Waals surface area contributed by atoms with Crippen LogP contribution in [-0.4, -0.2) is 15.9 Å². The number of carbonyl (C=O) groups is 1. The van der Waals surface area contributed by atoms with Gasteiger partial charge in [0, 0.05) is 12.4 Å². The van der Waals surface area contributed by atoms with Gasteiger partial charge in [-0.25, -0.2) is 14.4 Å². The Morgan fingerprint density at radius 3 is 2.53 bits per heavy atom. The lowest BCUT2D eigenvalue weighted by molar-refractivity contribution is 0.0958. The van der Waals surface area contributed by atoms with E-state index < -0.39 is 11.7 Å². The van der Waals surface area contributed by atoms with Gasteiger partial charge < -0.3 is 0 Å². The number of benzene rings is 1. The zero-order valence-electron chi connectivity index (χ0n) is 8.72. The van der Waals surface area contributed by atoms with Gasteiger partial charge in [-0.3, -0.25) is 15.6 Å². The molecule has 0 fully saturated rings. The first-order valence-electron chi connectivity index (χ1n) is 4.85. The lowest BCUT2D eigenvalue weighted by atomic mass is 10.2. The summed E-state index contributed by atoms with van der Waals surface area (Å²) in [5.41, 5.74) is 4.74. The highest BCUT2D eigenvalue weighted by Crippen LogP contribution is 2.05. The highest BCUT2D eigenvalue weighted by molar-refractivity contribution is 5.94. The maximum absolute atomic E-state index is 13.2. The van der Waals surface area contributed by atoms with Crippen molar-refractivity contribution < 1.29 is 9.18 Å². The second-order valence-corrected chi connectivity index (χ2v) is 3.13. The average molecular weight is 232 g/mol. The Bertz CT molecular complexity index is 518. The fourth-order valence-electron chi connectivity index (χ4n) is 1.19. The molecule has 86 valence electrons. The Hall–Kier alpha value is -2.50. The van der Waals surface area contributed by atoms with Gasteiger partial charge in [-0.05, 0) is 18.2 Å². The summed E-state index contributed by atoms with van der Waals surface area (Å²) < 4.78 is 13.2. The standard InChI is InChI=1S/C11H9FN4O/c12-9-5-2-1-4-8(9)10(17)15-16-11-13-6-3-7-14-11/h1-7H,(H,15,17)(H,13,14,16). The summed E-state index contributed by atoms with van der Waals surface area (Å²) in [6, 6.07) is 7.34. The van der Waals surface area contributed by atoms with Gasteiger partial charge in [0.15, 0.2) is 0 Å². The molecule has 1 aromatic carbocycles. The molecule has 0 aliphatic carbocycles. The molecule has 17 heavy (non-hydrogen) atoms. The van der Waals surface area contributed by atoms with E-state index in [1.165, 1.54) is 30.6 Å². The summed E-state index contributed by atoms with van der Waals surface area (Å²) in [6.07, 6.45) is 3.04. The van der Waals surface area contributed by atoms with Crippen molar-refractivity contribution in [2.75, 3.05) is 5.43 Å². The first kappa shape index (κ1) is 11.0. The number of anilines is 1. The quantitative estimate of drug-likeness (QED) is 0.784. The van der Waals surface area contributed by atoms with E-state index in [0.29, 0.717) is 0 Å². The van der Waals surface area contributed by atoms with Gasteiger partial charge in [0.2, 0.25) is 5.95 Å². The molecule has 1 amide bonds. The molecular formula is C11H9FN4O. The number of nitrogens with one attached hydrogen (secondary N) is 2. The molecule has 0 spiro atoms. The number of halogens is 1. The number of hydrogen-bond acceptors (Lipinski definition) is 4. The zero-order chi connectivity index (χ0) is 12.1. The van der Waals surface area contributed by atoms with E-state index in [-0.39, 0.29) is 11.5 Å². The number of nitrogens with zero attached hydrogens (tertiary/aromatic N) is 2. The van der Waals surface area contributed by atoms with Crippen LogP contribution in [0.3, 0.4) is 0 Å². The lowest BCUT2D eigenvalue weighted by Crippen LogP contribution is -2.30. The Labute approximate surface area is 96.7 Å². The highest BCUT2D eigenvalue weighted by Gasteiger charge is 2.10. The zero-order valence-corrected chi connectivity index (χ0v) is 8.72. The molecule has 1 aromatic heterocycles. The van der Waals surface area contributed by atoms with Crippen molar-refractivity contribution in [3.8, 4) is 0 Å². The number of amides is 1. The predicted octanol–water partition coefficient (Wildman–Crippen LogP) is 1.37. The first-order chi connectivity index (χ1) is 8.27. The molecule has 0 saturated heterocycles. The fraction of sp³-hybridized carbons (Fsp3) is 0. The van der Waals surface area contributed by atoms with Gasteiger partial charge in [-0.1, -0.05) is 12.1 Å². The minimum absolute atomic E-state index is 0.0454. The SMILES string of the molecule is O=C(NNc1ncccn1)c1ccccc1F. The van der Waals surface area contributed by atoms with Gasteiger partial charge in [0.25, 0.3) is 5.91 Å². The van der Waals surface area contributed by atoms with Crippen LogP contribution in [0.1, 0.15) is 10.4 Å². The molecule has 2 N–H and O–H groups in total. The topological polar surface area (TPSA) is 66.9 Å². The number of hydrazine groups is 1. The Morgan fingerprint density at radius 1 is 1.12 bits per heavy atom. The van der Waals surface area contributed by atoms with Crippen molar-refractivity contribution in [3.63, 3.8) is 0 Å². The molecule has 1 heterocycles. The second-order valence-electron chi connectivity index (χ2n) is 3.13. The molecule has 0 aliphatic heterocycles. The molecule has 0 saturated carbocycles. The lowest BCUT2D eigenvalue weighted by Gasteiger charge is -2.06. The monoisotopic (exact) mass is 232 g/mol. The maximum Gasteiger partial charge on any atom is 0.272 e. The van der Waals surface area contributed by atoms with Crippen LogP contribution < -0.4 is 10.9 Å². The van der Waals surface area contributed by atoms with Gasteiger partial charge >= 0.3 is 0 Å². The normalized spacial score (nSPS) is 9.71. The van der Waals surface area contributed by atoms with Crippen LogP contribution in [0, 0.1) is 5.82 Å². The van der Waals surface area contributed by atoms with Crippen molar-refractivity contribution in [3.05, 3.63) is 54.1 Å². The highest BCUT2D eigenvalue weighted by atomic mass is 19.1. The van der Waals surface area contributed by atoms with E-state index in [0.717, 1.165) is 0 Å². The van der Waals surface area contributed by atoms with Crippen LogP contribution in [-0.2, 0) is 0 Å². The van der Waals surface area contributed by atoms with Crippen LogP contribution >= 0.6 is 0 Å². The number of aromatic nitrogens is 2. The van der Waals surface area contributed by atoms with Crippen molar-refractivity contribution in [1.82, 2.24) is 15.4 Å². The molecule has 0 bridgehead atoms. The molecule has 0 radical (unpaired) electrons. The molecular weight excluding hydrogens is 223 g/mol. The molecule has 2 rings (SSSR count). The fourth-order valence-corrected chi connectivity index (χ4v) is 1.19. The van der Waals surface area contributed by atoms with Gasteiger partial charge in [-0.2, -0.15) is 0 Å². The third kappa shape index (κ3) is 2.75. The van der Waals surface area contributed by atoms with E-state index in [4.69, 9.17) is 0 Å². The van der Waals surface area contributed by atoms with Crippen LogP contribution in [0.15, 0.2) is 42.7 Å². The van der Waals surface area contributed by atoms with E-state index in [9.17, 15) is 9.18 Å². The smallest absolute Gasteiger partial charge is 0.267 e. The van der Waals surface area contributed by atoms with Gasteiger partial charge in [-0.15, -0.1) is 0 Å². The van der Waals surface area contributed by atoms with E-state index in [2.05, 4.69) is 20.8 Å². The summed E-state index contributed by atoms with van der Waals surface area (Å²) in [4.78, 5) is 19.2. The molecule has 0 unspecified atom stereocenters. The van der Waals surface area contributed by atoms with Crippen molar-refractivity contribution >= 4 is 11.9 Å². The van der Waals surface area contributed by atoms with E-state index in [1.807, 2.05) is 0 Å². The Balaban J connectivity index is 2.01. The minimum Gasteiger partial charge on any atom is -0.267 e. The van der Waals surface area contributed by atoms with Crippen LogP contribution in [0.4, 0.5) is 10.3 Å². The summed E-state index contributed by atoms with van der Waals surface area (Å²) in [6.45, 7) is 0.